The maximum Gasteiger partial charge on any atom is 0.196 e. The van der Waals surface area contributed by atoms with Gasteiger partial charge in [-0.05, 0) is 55.0 Å². The van der Waals surface area contributed by atoms with Crippen LogP contribution in [0, 0.1) is 6.92 Å². The summed E-state index contributed by atoms with van der Waals surface area (Å²) >= 11 is 1.37. The topological polar surface area (TPSA) is 69.9 Å². The minimum absolute atomic E-state index is 0.0208. The Morgan fingerprint density at radius 1 is 1.00 bits per heavy atom. The van der Waals surface area contributed by atoms with Gasteiger partial charge in [0.25, 0.3) is 0 Å². The lowest BCUT2D eigenvalue weighted by atomic mass is 10.1. The number of carbonyl (C=O) groups excluding carboxylic acids is 1. The highest BCUT2D eigenvalue weighted by atomic mass is 32.2. The molecule has 4 rings (SSSR count). The molecule has 0 N–H and O–H groups in total. The monoisotopic (exact) mass is 416 g/mol. The Labute approximate surface area is 179 Å². The second-order valence-electron chi connectivity index (χ2n) is 6.60. The first-order chi connectivity index (χ1) is 14.7. The minimum Gasteiger partial charge on any atom is -0.497 e. The van der Waals surface area contributed by atoms with E-state index < -0.39 is 0 Å². The van der Waals surface area contributed by atoms with Crippen LogP contribution in [0.3, 0.4) is 0 Å². The number of ketones is 1. The zero-order valence-electron chi connectivity index (χ0n) is 16.6. The second kappa shape index (κ2) is 8.92. The summed E-state index contributed by atoms with van der Waals surface area (Å²) in [6.45, 7) is 2.04. The lowest BCUT2D eigenvalue weighted by Gasteiger charge is -2.12. The van der Waals surface area contributed by atoms with Crippen molar-refractivity contribution < 1.29 is 9.53 Å². The van der Waals surface area contributed by atoms with Crippen molar-refractivity contribution in [1.29, 1.82) is 0 Å². The maximum atomic E-state index is 12.7. The molecule has 0 atom stereocenters. The molecule has 7 heteroatoms. The summed E-state index contributed by atoms with van der Waals surface area (Å²) in [6, 6.07) is 19.0. The molecule has 0 radical (unpaired) electrons. The maximum absolute atomic E-state index is 12.7. The summed E-state index contributed by atoms with van der Waals surface area (Å²) in [7, 11) is 1.60. The quantitative estimate of drug-likeness (QED) is 0.323. The van der Waals surface area contributed by atoms with Gasteiger partial charge in [0.05, 0.1) is 18.6 Å². The summed E-state index contributed by atoms with van der Waals surface area (Å²) in [4.78, 5) is 16.8. The molecular weight excluding hydrogens is 396 g/mol. The van der Waals surface area contributed by atoms with Gasteiger partial charge in [-0.1, -0.05) is 30.0 Å². The smallest absolute Gasteiger partial charge is 0.196 e. The Bertz CT molecular complexity index is 1160. The van der Waals surface area contributed by atoms with Gasteiger partial charge in [-0.15, -0.1) is 10.2 Å². The van der Waals surface area contributed by atoms with Crippen molar-refractivity contribution in [2.75, 3.05) is 12.9 Å². The summed E-state index contributed by atoms with van der Waals surface area (Å²) in [5.74, 6) is 1.71. The fourth-order valence-corrected chi connectivity index (χ4v) is 3.91. The van der Waals surface area contributed by atoms with Gasteiger partial charge in [0.1, 0.15) is 5.75 Å². The van der Waals surface area contributed by atoms with Gasteiger partial charge in [0.15, 0.2) is 16.8 Å². The number of benzene rings is 2. The highest BCUT2D eigenvalue weighted by Gasteiger charge is 2.18. The molecule has 0 bridgehead atoms. The molecule has 2 heterocycles. The summed E-state index contributed by atoms with van der Waals surface area (Å²) in [5.41, 5.74) is 3.62. The molecule has 0 aliphatic rings. The van der Waals surface area contributed by atoms with Crippen molar-refractivity contribution in [2.45, 2.75) is 12.1 Å². The van der Waals surface area contributed by atoms with E-state index in [9.17, 15) is 4.79 Å². The Kier molecular flexibility index (Phi) is 5.90. The summed E-state index contributed by atoms with van der Waals surface area (Å²) in [5, 5.41) is 9.46. The molecular formula is C23H20N4O2S. The van der Waals surface area contributed by atoms with Crippen molar-refractivity contribution in [3.05, 3.63) is 84.2 Å². The number of aromatic nitrogens is 4. The van der Waals surface area contributed by atoms with Gasteiger partial charge in [-0.3, -0.25) is 14.3 Å². The number of ether oxygens (including phenoxy) is 1. The second-order valence-corrected chi connectivity index (χ2v) is 7.55. The first-order valence-corrected chi connectivity index (χ1v) is 10.4. The first kappa shape index (κ1) is 19.8. The molecule has 0 fully saturated rings. The van der Waals surface area contributed by atoms with Crippen LogP contribution in [-0.4, -0.2) is 38.4 Å². The fraction of sp³-hybridized carbons (Fsp3) is 0.130. The van der Waals surface area contributed by atoms with Crippen LogP contribution < -0.4 is 4.74 Å². The number of para-hydroxylation sites is 1. The van der Waals surface area contributed by atoms with E-state index in [4.69, 9.17) is 4.74 Å². The van der Waals surface area contributed by atoms with E-state index >= 15 is 0 Å². The first-order valence-electron chi connectivity index (χ1n) is 9.39. The van der Waals surface area contributed by atoms with Crippen LogP contribution in [0.25, 0.3) is 17.1 Å². The molecule has 150 valence electrons. The third-order valence-corrected chi connectivity index (χ3v) is 5.60. The predicted octanol–water partition coefficient (Wildman–Crippen LogP) is 4.62. The molecule has 0 saturated heterocycles. The van der Waals surface area contributed by atoms with Crippen molar-refractivity contribution >= 4 is 17.5 Å². The number of pyridine rings is 1. The molecule has 0 aliphatic heterocycles. The molecule has 30 heavy (non-hydrogen) atoms. The lowest BCUT2D eigenvalue weighted by molar-refractivity contribution is 0.102. The molecule has 0 spiro atoms. The molecule has 0 saturated carbocycles. The van der Waals surface area contributed by atoms with Crippen LogP contribution >= 0.6 is 11.8 Å². The number of Topliss-reactive ketones (excluding diaryl/α,β-unsaturated/α-hetero) is 1. The number of hydrogen-bond donors (Lipinski definition) is 0. The van der Waals surface area contributed by atoms with Crippen LogP contribution in [0.2, 0.25) is 0 Å². The Morgan fingerprint density at radius 2 is 1.73 bits per heavy atom. The Balaban J connectivity index is 1.65. The van der Waals surface area contributed by atoms with Crippen LogP contribution in [0.5, 0.6) is 5.75 Å². The number of nitrogens with zero attached hydrogens (tertiary/aromatic N) is 4. The van der Waals surface area contributed by atoms with Crippen LogP contribution in [-0.2, 0) is 0 Å². The van der Waals surface area contributed by atoms with Gasteiger partial charge >= 0.3 is 0 Å². The van der Waals surface area contributed by atoms with Gasteiger partial charge in [0.2, 0.25) is 0 Å². The molecule has 4 aromatic rings. The largest absolute Gasteiger partial charge is 0.497 e. The highest BCUT2D eigenvalue weighted by molar-refractivity contribution is 7.99. The molecule has 0 amide bonds. The normalized spacial score (nSPS) is 10.7. The summed E-state index contributed by atoms with van der Waals surface area (Å²) in [6.07, 6.45) is 3.46. The van der Waals surface area contributed by atoms with Crippen molar-refractivity contribution in [3.63, 3.8) is 0 Å². The third kappa shape index (κ3) is 4.11. The standard InChI is InChI=1S/C23H20N4O2S/c1-16-5-3-4-6-20(16)27-22(18-11-13-24-14-12-18)25-26-23(27)30-15-21(28)17-7-9-19(29-2)10-8-17/h3-14H,15H2,1-2H3. The van der Waals surface area contributed by atoms with E-state index in [2.05, 4.69) is 15.2 Å². The van der Waals surface area contributed by atoms with E-state index in [0.29, 0.717) is 16.5 Å². The number of methoxy groups -OCH3 is 1. The van der Waals surface area contributed by atoms with Gasteiger partial charge < -0.3 is 4.74 Å². The fourth-order valence-electron chi connectivity index (χ4n) is 3.07. The lowest BCUT2D eigenvalue weighted by Crippen LogP contribution is -2.06. The number of carbonyl (C=O) groups is 1. The zero-order chi connectivity index (χ0) is 20.9. The molecule has 6 nitrogen and oxygen atoms in total. The average molecular weight is 417 g/mol. The van der Waals surface area contributed by atoms with Crippen LogP contribution in [0.4, 0.5) is 0 Å². The summed E-state index contributed by atoms with van der Waals surface area (Å²) < 4.78 is 7.15. The van der Waals surface area contributed by atoms with Crippen LogP contribution in [0.1, 0.15) is 15.9 Å². The number of hydrogen-bond acceptors (Lipinski definition) is 6. The molecule has 2 aromatic heterocycles. The van der Waals surface area contributed by atoms with E-state index in [1.54, 1.807) is 43.8 Å². The number of thioether (sulfide) groups is 1. The third-order valence-electron chi connectivity index (χ3n) is 4.67. The Hall–Kier alpha value is -3.45. The van der Waals surface area contributed by atoms with Crippen LogP contribution in [0.15, 0.2) is 78.2 Å². The molecule has 0 unspecified atom stereocenters. The van der Waals surface area contributed by atoms with Crippen molar-refractivity contribution in [1.82, 2.24) is 19.7 Å². The predicted molar refractivity (Wildman–Crippen MR) is 117 cm³/mol. The van der Waals surface area contributed by atoms with E-state index in [1.165, 1.54) is 11.8 Å². The van der Waals surface area contributed by atoms with Gasteiger partial charge in [-0.2, -0.15) is 0 Å². The van der Waals surface area contributed by atoms with E-state index in [1.807, 2.05) is 47.9 Å². The SMILES string of the molecule is COc1ccc(C(=O)CSc2nnc(-c3ccncc3)n2-c2ccccc2C)cc1. The van der Waals surface area contributed by atoms with Gasteiger partial charge in [0, 0.05) is 23.5 Å². The Morgan fingerprint density at radius 3 is 2.43 bits per heavy atom. The average Bonchev–Trinajstić information content (AvgIpc) is 3.22. The zero-order valence-corrected chi connectivity index (χ0v) is 17.5. The number of rotatable bonds is 7. The van der Waals surface area contributed by atoms with Crippen molar-refractivity contribution in [2.24, 2.45) is 0 Å². The van der Waals surface area contributed by atoms with Crippen molar-refractivity contribution in [3.8, 4) is 22.8 Å². The van der Waals surface area contributed by atoms with E-state index in [0.717, 1.165) is 22.6 Å². The molecule has 0 aliphatic carbocycles. The van der Waals surface area contributed by atoms with Gasteiger partial charge in [-0.25, -0.2) is 0 Å². The minimum atomic E-state index is 0.0208. The van der Waals surface area contributed by atoms with E-state index in [-0.39, 0.29) is 11.5 Å². The number of aryl methyl sites for hydroxylation is 1. The molecule has 2 aromatic carbocycles. The highest BCUT2D eigenvalue weighted by Crippen LogP contribution is 2.29.